The summed E-state index contributed by atoms with van der Waals surface area (Å²) in [5.74, 6) is 0.793. The van der Waals surface area contributed by atoms with Gasteiger partial charge in [-0.05, 0) is 49.6 Å². The Kier molecular flexibility index (Phi) is 5.53. The number of carbonyl (C=O) groups excluding carboxylic acids is 1. The van der Waals surface area contributed by atoms with Crippen LogP contribution in [-0.2, 0) is 6.54 Å². The van der Waals surface area contributed by atoms with E-state index in [1.807, 2.05) is 12.1 Å². The van der Waals surface area contributed by atoms with Gasteiger partial charge in [-0.1, -0.05) is 6.07 Å². The zero-order valence-corrected chi connectivity index (χ0v) is 16.2. The average Bonchev–Trinajstić information content (AvgIpc) is 3.15. The molecule has 1 unspecified atom stereocenters. The number of nitrogens with zero attached hydrogens (tertiary/aromatic N) is 3. The number of nitrogens with one attached hydrogen (secondary N) is 2. The Morgan fingerprint density at radius 3 is 3.00 bits per heavy atom. The Balaban J connectivity index is 1.53. The van der Waals surface area contributed by atoms with Crippen molar-refractivity contribution < 1.29 is 9.21 Å². The summed E-state index contributed by atoms with van der Waals surface area (Å²) in [6.45, 7) is 3.98. The lowest BCUT2D eigenvalue weighted by atomic mass is 9.95. The Morgan fingerprint density at radius 2 is 2.28 bits per heavy atom. The summed E-state index contributed by atoms with van der Waals surface area (Å²) in [6, 6.07) is 7.27. The number of aromatic nitrogens is 3. The van der Waals surface area contributed by atoms with Gasteiger partial charge in [0.15, 0.2) is 0 Å². The lowest BCUT2D eigenvalue weighted by Crippen LogP contribution is -2.30. The molecular weight excluding hydrogens is 370 g/mol. The van der Waals surface area contributed by atoms with Crippen LogP contribution in [0.5, 0.6) is 0 Å². The molecule has 1 fully saturated rings. The Hall–Kier alpha value is -3.26. The van der Waals surface area contributed by atoms with Gasteiger partial charge in [-0.3, -0.25) is 9.78 Å². The largest absolute Gasteiger partial charge is 0.427 e. The molecule has 0 aliphatic carbocycles. The van der Waals surface area contributed by atoms with Crippen molar-refractivity contribution >= 4 is 11.7 Å². The molecule has 8 nitrogen and oxygen atoms in total. The maximum atomic E-state index is 12.8. The number of pyridine rings is 1. The van der Waals surface area contributed by atoms with Crippen molar-refractivity contribution in [2.45, 2.75) is 32.2 Å². The van der Waals surface area contributed by atoms with Gasteiger partial charge in [0, 0.05) is 30.9 Å². The predicted octanol–water partition coefficient (Wildman–Crippen LogP) is 2.31. The molecule has 1 aliphatic rings. The van der Waals surface area contributed by atoms with E-state index in [0.717, 1.165) is 31.5 Å². The summed E-state index contributed by atoms with van der Waals surface area (Å²) in [6.07, 6.45) is 7.04. The zero-order valence-electron chi connectivity index (χ0n) is 16.2. The first-order chi connectivity index (χ1) is 14.1. The van der Waals surface area contributed by atoms with Crippen molar-refractivity contribution in [3.05, 3.63) is 75.7 Å². The van der Waals surface area contributed by atoms with Gasteiger partial charge in [0.25, 0.3) is 5.91 Å². The molecule has 0 aromatic carbocycles. The molecule has 2 N–H and O–H groups in total. The Bertz CT molecular complexity index is 1050. The van der Waals surface area contributed by atoms with Crippen LogP contribution in [0, 0.1) is 6.92 Å². The van der Waals surface area contributed by atoms with Crippen molar-refractivity contribution in [1.82, 2.24) is 20.1 Å². The molecule has 0 spiro atoms. The summed E-state index contributed by atoms with van der Waals surface area (Å²) >= 11 is 0. The van der Waals surface area contributed by atoms with Crippen LogP contribution in [0.15, 0.2) is 52.1 Å². The van der Waals surface area contributed by atoms with E-state index in [-0.39, 0.29) is 11.5 Å². The molecule has 0 saturated carbocycles. The van der Waals surface area contributed by atoms with Crippen LogP contribution in [0.1, 0.15) is 46.0 Å². The van der Waals surface area contributed by atoms with E-state index in [4.69, 9.17) is 4.42 Å². The van der Waals surface area contributed by atoms with Crippen LogP contribution in [0.2, 0.25) is 0 Å². The highest BCUT2D eigenvalue weighted by molar-refractivity contribution is 6.04. The number of amides is 1. The first-order valence-corrected chi connectivity index (χ1v) is 9.69. The smallest absolute Gasteiger partial charge is 0.349 e. The van der Waals surface area contributed by atoms with Crippen molar-refractivity contribution in [2.75, 3.05) is 18.4 Å². The minimum atomic E-state index is -0.610. The first kappa shape index (κ1) is 19.1. The van der Waals surface area contributed by atoms with Gasteiger partial charge in [0.2, 0.25) is 0 Å². The molecule has 1 atom stereocenters. The van der Waals surface area contributed by atoms with Gasteiger partial charge in [-0.2, -0.15) is 5.10 Å². The lowest BCUT2D eigenvalue weighted by molar-refractivity contribution is 0.102. The van der Waals surface area contributed by atoms with Gasteiger partial charge in [-0.15, -0.1) is 0 Å². The molecule has 1 aliphatic heterocycles. The Labute approximate surface area is 168 Å². The molecular formula is C21H23N5O3. The van der Waals surface area contributed by atoms with E-state index < -0.39 is 11.5 Å². The van der Waals surface area contributed by atoms with Gasteiger partial charge in [0.1, 0.15) is 17.1 Å². The van der Waals surface area contributed by atoms with Crippen LogP contribution >= 0.6 is 0 Å². The van der Waals surface area contributed by atoms with Gasteiger partial charge in [-0.25, -0.2) is 9.48 Å². The van der Waals surface area contributed by atoms with Crippen molar-refractivity contribution in [3.8, 4) is 0 Å². The second-order valence-electron chi connectivity index (χ2n) is 7.23. The topological polar surface area (TPSA) is 102 Å². The van der Waals surface area contributed by atoms with E-state index in [1.54, 1.807) is 42.3 Å². The third-order valence-corrected chi connectivity index (χ3v) is 5.11. The standard InChI is InChI=1S/C21H23N5O3/c1-14-10-17(16-5-3-8-23-12-16)29-21(28)19(14)20(27)25-18-6-9-24-26(18)13-15-4-2-7-22-11-15/h2,4,6-7,9-11,16,23H,3,5,8,12-13H2,1H3,(H,25,27). The molecule has 150 valence electrons. The fraction of sp³-hybridized carbons (Fsp3) is 0.333. The fourth-order valence-electron chi connectivity index (χ4n) is 3.61. The van der Waals surface area contributed by atoms with Gasteiger partial charge in [0.05, 0.1) is 12.7 Å². The second kappa shape index (κ2) is 8.40. The van der Waals surface area contributed by atoms with E-state index >= 15 is 0 Å². The number of hydrogen-bond donors (Lipinski definition) is 2. The van der Waals surface area contributed by atoms with E-state index in [0.29, 0.717) is 23.7 Å². The molecule has 1 amide bonds. The van der Waals surface area contributed by atoms with E-state index in [2.05, 4.69) is 20.7 Å². The van der Waals surface area contributed by atoms with Gasteiger partial charge < -0.3 is 15.1 Å². The monoisotopic (exact) mass is 393 g/mol. The predicted molar refractivity (Wildman–Crippen MR) is 108 cm³/mol. The molecule has 3 aromatic rings. The summed E-state index contributed by atoms with van der Waals surface area (Å²) in [5, 5.41) is 10.3. The fourth-order valence-corrected chi connectivity index (χ4v) is 3.61. The Morgan fingerprint density at radius 1 is 1.38 bits per heavy atom. The molecule has 29 heavy (non-hydrogen) atoms. The van der Waals surface area contributed by atoms with E-state index in [1.165, 1.54) is 0 Å². The first-order valence-electron chi connectivity index (χ1n) is 9.69. The van der Waals surface area contributed by atoms with Crippen molar-refractivity contribution in [1.29, 1.82) is 0 Å². The van der Waals surface area contributed by atoms with Gasteiger partial charge >= 0.3 is 5.63 Å². The normalized spacial score (nSPS) is 16.5. The maximum absolute atomic E-state index is 12.8. The third-order valence-electron chi connectivity index (χ3n) is 5.11. The summed E-state index contributed by atoms with van der Waals surface area (Å²) < 4.78 is 7.15. The molecule has 3 aromatic heterocycles. The number of anilines is 1. The second-order valence-corrected chi connectivity index (χ2v) is 7.23. The lowest BCUT2D eigenvalue weighted by Gasteiger charge is -2.22. The van der Waals surface area contributed by atoms with Crippen LogP contribution in [0.3, 0.4) is 0 Å². The minimum Gasteiger partial charge on any atom is -0.427 e. The number of aryl methyl sites for hydroxylation is 1. The number of piperidine rings is 1. The molecule has 8 heteroatoms. The average molecular weight is 393 g/mol. The highest BCUT2D eigenvalue weighted by atomic mass is 16.4. The molecule has 4 heterocycles. The SMILES string of the molecule is Cc1cc(C2CCCNC2)oc(=O)c1C(=O)Nc1ccnn1Cc1cccnc1. The van der Waals surface area contributed by atoms with Crippen LogP contribution in [0.25, 0.3) is 0 Å². The van der Waals surface area contributed by atoms with Crippen LogP contribution in [0.4, 0.5) is 5.82 Å². The number of rotatable bonds is 5. The van der Waals surface area contributed by atoms with Crippen LogP contribution in [-0.4, -0.2) is 33.8 Å². The highest BCUT2D eigenvalue weighted by Crippen LogP contribution is 2.24. The van der Waals surface area contributed by atoms with Crippen LogP contribution < -0.4 is 16.3 Å². The maximum Gasteiger partial charge on any atom is 0.349 e. The van der Waals surface area contributed by atoms with Crippen molar-refractivity contribution in [3.63, 3.8) is 0 Å². The zero-order chi connectivity index (χ0) is 20.2. The summed E-state index contributed by atoms with van der Waals surface area (Å²) in [4.78, 5) is 29.5. The van der Waals surface area contributed by atoms with Crippen molar-refractivity contribution in [2.24, 2.45) is 0 Å². The molecule has 0 bridgehead atoms. The highest BCUT2D eigenvalue weighted by Gasteiger charge is 2.23. The third kappa shape index (κ3) is 4.27. The minimum absolute atomic E-state index is 0.0200. The number of carbonyl (C=O) groups is 1. The quantitative estimate of drug-likeness (QED) is 0.690. The summed E-state index contributed by atoms with van der Waals surface area (Å²) in [7, 11) is 0. The number of hydrogen-bond acceptors (Lipinski definition) is 6. The summed E-state index contributed by atoms with van der Waals surface area (Å²) in [5.41, 5.74) is 0.971. The van der Waals surface area contributed by atoms with E-state index in [9.17, 15) is 9.59 Å². The molecule has 4 rings (SSSR count). The molecule has 0 radical (unpaired) electrons. The molecule has 1 saturated heterocycles.